The van der Waals surface area contributed by atoms with Gasteiger partial charge in [-0.2, -0.15) is 0 Å². The van der Waals surface area contributed by atoms with Gasteiger partial charge in [0.05, 0.1) is 13.7 Å². The topological polar surface area (TPSA) is 38.7 Å². The molecule has 1 aromatic carbocycles. The van der Waals surface area contributed by atoms with E-state index in [2.05, 4.69) is 0 Å². The standard InChI is InChI=1S/C12H18O3/c1-3-8-15-12(9-13)10-6-4-5-7-11(10)14-2/h4-7,12-13H,3,8-9H2,1-2H3. The highest BCUT2D eigenvalue weighted by atomic mass is 16.5. The molecule has 0 aromatic heterocycles. The van der Waals surface area contributed by atoms with Gasteiger partial charge in [0, 0.05) is 12.2 Å². The second-order valence-corrected chi connectivity index (χ2v) is 3.28. The minimum Gasteiger partial charge on any atom is -0.496 e. The zero-order valence-corrected chi connectivity index (χ0v) is 9.27. The Morgan fingerprint density at radius 2 is 2.07 bits per heavy atom. The monoisotopic (exact) mass is 210 g/mol. The smallest absolute Gasteiger partial charge is 0.124 e. The fourth-order valence-corrected chi connectivity index (χ4v) is 1.43. The first-order valence-corrected chi connectivity index (χ1v) is 5.18. The van der Waals surface area contributed by atoms with Crippen LogP contribution in [0.3, 0.4) is 0 Å². The highest BCUT2D eigenvalue weighted by Crippen LogP contribution is 2.26. The molecule has 0 saturated carbocycles. The van der Waals surface area contributed by atoms with E-state index in [1.54, 1.807) is 7.11 Å². The van der Waals surface area contributed by atoms with Crippen LogP contribution in [0.1, 0.15) is 25.0 Å². The molecule has 84 valence electrons. The maximum Gasteiger partial charge on any atom is 0.124 e. The molecule has 1 atom stereocenters. The summed E-state index contributed by atoms with van der Waals surface area (Å²) >= 11 is 0. The molecule has 1 rings (SSSR count). The van der Waals surface area contributed by atoms with Crippen molar-refractivity contribution in [1.29, 1.82) is 0 Å². The van der Waals surface area contributed by atoms with Crippen LogP contribution in [0.5, 0.6) is 5.75 Å². The van der Waals surface area contributed by atoms with Crippen molar-refractivity contribution in [2.75, 3.05) is 20.3 Å². The summed E-state index contributed by atoms with van der Waals surface area (Å²) in [5, 5.41) is 9.25. The molecule has 0 amide bonds. The number of benzene rings is 1. The van der Waals surface area contributed by atoms with E-state index in [-0.39, 0.29) is 12.7 Å². The van der Waals surface area contributed by atoms with Crippen LogP contribution < -0.4 is 4.74 Å². The Labute approximate surface area is 90.6 Å². The predicted octanol–water partition coefficient (Wildman–Crippen LogP) is 2.16. The van der Waals surface area contributed by atoms with Gasteiger partial charge < -0.3 is 14.6 Å². The molecule has 3 nitrogen and oxygen atoms in total. The average molecular weight is 210 g/mol. The Balaban J connectivity index is 2.80. The molecule has 0 heterocycles. The number of para-hydroxylation sites is 1. The van der Waals surface area contributed by atoms with Gasteiger partial charge in [-0.05, 0) is 12.5 Å². The van der Waals surface area contributed by atoms with Crippen LogP contribution in [0.2, 0.25) is 0 Å². The Hall–Kier alpha value is -1.06. The molecule has 1 aromatic rings. The molecular formula is C12H18O3. The van der Waals surface area contributed by atoms with Gasteiger partial charge in [0.1, 0.15) is 11.9 Å². The fraction of sp³-hybridized carbons (Fsp3) is 0.500. The minimum absolute atomic E-state index is 0.0274. The number of ether oxygens (including phenoxy) is 2. The van der Waals surface area contributed by atoms with E-state index in [1.165, 1.54) is 0 Å². The van der Waals surface area contributed by atoms with Gasteiger partial charge in [-0.3, -0.25) is 0 Å². The van der Waals surface area contributed by atoms with E-state index in [9.17, 15) is 5.11 Å². The molecular weight excluding hydrogens is 192 g/mol. The number of hydrogen-bond donors (Lipinski definition) is 1. The van der Waals surface area contributed by atoms with Crippen LogP contribution in [0.15, 0.2) is 24.3 Å². The van der Waals surface area contributed by atoms with Crippen LogP contribution in [0, 0.1) is 0 Å². The molecule has 0 aliphatic carbocycles. The first kappa shape index (κ1) is 12.0. The SMILES string of the molecule is CCCOC(CO)c1ccccc1OC. The summed E-state index contributed by atoms with van der Waals surface area (Å²) in [4.78, 5) is 0. The predicted molar refractivity (Wildman–Crippen MR) is 59.1 cm³/mol. The van der Waals surface area contributed by atoms with Gasteiger partial charge in [-0.1, -0.05) is 25.1 Å². The molecule has 0 saturated heterocycles. The first-order valence-electron chi connectivity index (χ1n) is 5.18. The second-order valence-electron chi connectivity index (χ2n) is 3.28. The zero-order valence-electron chi connectivity index (χ0n) is 9.27. The van der Waals surface area contributed by atoms with E-state index in [0.717, 1.165) is 17.7 Å². The summed E-state index contributed by atoms with van der Waals surface area (Å²) in [7, 11) is 1.62. The van der Waals surface area contributed by atoms with Crippen LogP contribution in [-0.2, 0) is 4.74 Å². The van der Waals surface area contributed by atoms with Crippen molar-refractivity contribution in [3.63, 3.8) is 0 Å². The van der Waals surface area contributed by atoms with Crippen LogP contribution in [0.25, 0.3) is 0 Å². The lowest BCUT2D eigenvalue weighted by Crippen LogP contribution is -2.10. The molecule has 0 bridgehead atoms. The lowest BCUT2D eigenvalue weighted by atomic mass is 10.1. The number of aliphatic hydroxyl groups excluding tert-OH is 1. The van der Waals surface area contributed by atoms with Gasteiger partial charge in [0.25, 0.3) is 0 Å². The number of aliphatic hydroxyl groups is 1. The summed E-state index contributed by atoms with van der Waals surface area (Å²) in [6.45, 7) is 2.65. The van der Waals surface area contributed by atoms with Crippen molar-refractivity contribution in [3.05, 3.63) is 29.8 Å². The van der Waals surface area contributed by atoms with Crippen molar-refractivity contribution in [3.8, 4) is 5.75 Å². The summed E-state index contributed by atoms with van der Waals surface area (Å²) in [5.41, 5.74) is 0.899. The third-order valence-electron chi connectivity index (χ3n) is 2.17. The molecule has 0 fully saturated rings. The van der Waals surface area contributed by atoms with Gasteiger partial charge in [0.15, 0.2) is 0 Å². The van der Waals surface area contributed by atoms with Gasteiger partial charge >= 0.3 is 0 Å². The third kappa shape index (κ3) is 3.22. The Morgan fingerprint density at radius 3 is 2.67 bits per heavy atom. The lowest BCUT2D eigenvalue weighted by Gasteiger charge is -2.17. The molecule has 15 heavy (non-hydrogen) atoms. The average Bonchev–Trinajstić information content (AvgIpc) is 2.30. The van der Waals surface area contributed by atoms with Crippen molar-refractivity contribution in [2.24, 2.45) is 0 Å². The summed E-state index contributed by atoms with van der Waals surface area (Å²) in [5.74, 6) is 0.757. The first-order chi connectivity index (χ1) is 7.33. The molecule has 3 heteroatoms. The van der Waals surface area contributed by atoms with Crippen molar-refractivity contribution in [1.82, 2.24) is 0 Å². The van der Waals surface area contributed by atoms with Crippen LogP contribution >= 0.6 is 0 Å². The quantitative estimate of drug-likeness (QED) is 0.782. The van der Waals surface area contributed by atoms with E-state index in [4.69, 9.17) is 9.47 Å². The van der Waals surface area contributed by atoms with E-state index >= 15 is 0 Å². The van der Waals surface area contributed by atoms with Gasteiger partial charge in [0.2, 0.25) is 0 Å². The van der Waals surface area contributed by atoms with Gasteiger partial charge in [-0.25, -0.2) is 0 Å². The van der Waals surface area contributed by atoms with E-state index in [1.807, 2.05) is 31.2 Å². The molecule has 1 unspecified atom stereocenters. The zero-order chi connectivity index (χ0) is 11.1. The molecule has 0 aliphatic rings. The summed E-state index contributed by atoms with van der Waals surface area (Å²) in [6.07, 6.45) is 0.646. The van der Waals surface area contributed by atoms with Crippen LogP contribution in [0.4, 0.5) is 0 Å². The number of rotatable bonds is 6. The third-order valence-corrected chi connectivity index (χ3v) is 2.17. The maximum absolute atomic E-state index is 9.25. The van der Waals surface area contributed by atoms with Gasteiger partial charge in [-0.15, -0.1) is 0 Å². The molecule has 1 N–H and O–H groups in total. The Kier molecular flexibility index (Phi) is 5.15. The van der Waals surface area contributed by atoms with Crippen molar-refractivity contribution in [2.45, 2.75) is 19.4 Å². The highest BCUT2D eigenvalue weighted by Gasteiger charge is 2.14. The summed E-state index contributed by atoms with van der Waals surface area (Å²) in [6, 6.07) is 7.59. The molecule has 0 aliphatic heterocycles. The normalized spacial score (nSPS) is 12.5. The van der Waals surface area contributed by atoms with E-state index < -0.39 is 0 Å². The minimum atomic E-state index is -0.291. The largest absolute Gasteiger partial charge is 0.496 e. The van der Waals surface area contributed by atoms with Crippen molar-refractivity contribution >= 4 is 0 Å². The lowest BCUT2D eigenvalue weighted by molar-refractivity contribution is 0.0108. The maximum atomic E-state index is 9.25. The van der Waals surface area contributed by atoms with Crippen molar-refractivity contribution < 1.29 is 14.6 Å². The second kappa shape index (κ2) is 6.43. The Morgan fingerprint density at radius 1 is 1.33 bits per heavy atom. The molecule has 0 spiro atoms. The molecule has 0 radical (unpaired) electrons. The van der Waals surface area contributed by atoms with Crippen LogP contribution in [-0.4, -0.2) is 25.4 Å². The van der Waals surface area contributed by atoms with E-state index in [0.29, 0.717) is 6.61 Å². The fourth-order valence-electron chi connectivity index (χ4n) is 1.43. The number of methoxy groups -OCH3 is 1. The number of hydrogen-bond acceptors (Lipinski definition) is 3. The summed E-state index contributed by atoms with van der Waals surface area (Å²) < 4.78 is 10.8. The highest BCUT2D eigenvalue weighted by molar-refractivity contribution is 5.35. The Bertz CT molecular complexity index is 286.